The average Bonchev–Trinajstić information content (AvgIpc) is 3.28. The number of anilines is 2. The summed E-state index contributed by atoms with van der Waals surface area (Å²) in [5, 5.41) is 2.62. The number of carbonyl (C=O) groups excluding carboxylic acids is 2. The Bertz CT molecular complexity index is 713. The summed E-state index contributed by atoms with van der Waals surface area (Å²) >= 11 is 0. The van der Waals surface area contributed by atoms with Crippen LogP contribution in [0.4, 0.5) is 20.6 Å². The van der Waals surface area contributed by atoms with Crippen LogP contribution in [0.5, 0.6) is 0 Å². The van der Waals surface area contributed by atoms with Crippen molar-refractivity contribution in [3.63, 3.8) is 0 Å². The topological polar surface area (TPSA) is 71.1 Å². The van der Waals surface area contributed by atoms with Gasteiger partial charge in [0.25, 0.3) is 0 Å². The Balaban J connectivity index is 1.47. The van der Waals surface area contributed by atoms with Crippen molar-refractivity contribution in [3.05, 3.63) is 24.0 Å². The van der Waals surface area contributed by atoms with Gasteiger partial charge in [-0.3, -0.25) is 9.69 Å². The predicted octanol–water partition coefficient (Wildman–Crippen LogP) is 1.26. The van der Waals surface area contributed by atoms with Gasteiger partial charge >= 0.3 is 6.09 Å². The van der Waals surface area contributed by atoms with E-state index in [4.69, 9.17) is 9.47 Å². The monoisotopic (exact) mass is 349 g/mol. The molecule has 0 radical (unpaired) electrons. The van der Waals surface area contributed by atoms with E-state index in [1.54, 1.807) is 12.1 Å². The van der Waals surface area contributed by atoms with Crippen molar-refractivity contribution in [2.45, 2.75) is 31.6 Å². The summed E-state index contributed by atoms with van der Waals surface area (Å²) in [6, 6.07) is 5.03. The first-order chi connectivity index (χ1) is 12.0. The number of morpholine rings is 1. The van der Waals surface area contributed by atoms with Gasteiger partial charge in [0.2, 0.25) is 5.91 Å². The first-order valence-electron chi connectivity index (χ1n) is 8.41. The van der Waals surface area contributed by atoms with Crippen LogP contribution in [0.3, 0.4) is 0 Å². The Morgan fingerprint density at radius 3 is 2.88 bits per heavy atom. The second-order valence-corrected chi connectivity index (χ2v) is 6.69. The first kappa shape index (κ1) is 16.1. The zero-order chi connectivity index (χ0) is 17.6. The largest absolute Gasteiger partial charge is 0.442 e. The van der Waals surface area contributed by atoms with E-state index in [2.05, 4.69) is 5.32 Å². The van der Waals surface area contributed by atoms with Crippen molar-refractivity contribution in [2.75, 3.05) is 36.0 Å². The highest BCUT2D eigenvalue weighted by Gasteiger charge is 2.40. The molecule has 3 atom stereocenters. The predicted molar refractivity (Wildman–Crippen MR) is 88.2 cm³/mol. The third-order valence-electron chi connectivity index (χ3n) is 4.91. The van der Waals surface area contributed by atoms with Crippen molar-refractivity contribution in [1.29, 1.82) is 0 Å². The number of fused-ring (bicyclic) bond motifs is 2. The smallest absolute Gasteiger partial charge is 0.414 e. The third kappa shape index (κ3) is 3.02. The number of hydrogen-bond acceptors (Lipinski definition) is 5. The van der Waals surface area contributed by atoms with Crippen LogP contribution in [-0.2, 0) is 14.3 Å². The van der Waals surface area contributed by atoms with Crippen LogP contribution in [-0.4, -0.2) is 56.5 Å². The van der Waals surface area contributed by atoms with Crippen LogP contribution in [0.15, 0.2) is 18.2 Å². The Hall–Kier alpha value is -2.35. The van der Waals surface area contributed by atoms with Crippen LogP contribution in [0.1, 0.15) is 13.3 Å². The molecule has 0 saturated carbocycles. The maximum atomic E-state index is 14.6. The van der Waals surface area contributed by atoms with E-state index in [0.717, 1.165) is 6.42 Å². The van der Waals surface area contributed by atoms with Crippen molar-refractivity contribution < 1.29 is 23.5 Å². The van der Waals surface area contributed by atoms with Gasteiger partial charge in [0, 0.05) is 13.5 Å². The minimum Gasteiger partial charge on any atom is -0.442 e. The molecule has 2 amide bonds. The maximum absolute atomic E-state index is 14.6. The Kier molecular flexibility index (Phi) is 3.99. The molecule has 3 saturated heterocycles. The van der Waals surface area contributed by atoms with Gasteiger partial charge in [-0.1, -0.05) is 0 Å². The summed E-state index contributed by atoms with van der Waals surface area (Å²) in [5.41, 5.74) is 0.999. The van der Waals surface area contributed by atoms with Gasteiger partial charge in [-0.15, -0.1) is 0 Å². The van der Waals surface area contributed by atoms with Gasteiger partial charge in [0.15, 0.2) is 0 Å². The van der Waals surface area contributed by atoms with Crippen LogP contribution in [0.25, 0.3) is 0 Å². The molecule has 3 aliphatic heterocycles. The minimum atomic E-state index is -0.531. The summed E-state index contributed by atoms with van der Waals surface area (Å²) in [4.78, 5) is 26.4. The van der Waals surface area contributed by atoms with E-state index >= 15 is 0 Å². The highest BCUT2D eigenvalue weighted by molar-refractivity contribution is 5.90. The molecule has 0 spiro atoms. The van der Waals surface area contributed by atoms with E-state index in [0.29, 0.717) is 24.5 Å². The number of nitrogens with zero attached hydrogens (tertiary/aromatic N) is 2. The van der Waals surface area contributed by atoms with Crippen molar-refractivity contribution in [3.8, 4) is 0 Å². The van der Waals surface area contributed by atoms with Crippen molar-refractivity contribution in [1.82, 2.24) is 5.32 Å². The van der Waals surface area contributed by atoms with Gasteiger partial charge in [-0.25, -0.2) is 9.18 Å². The number of halogens is 1. The SMILES string of the molecule is CC(=O)NCC1CN(c2ccc(N3C[C@@H]4C[C@H]3CO4)c(F)c2)C(=O)O1. The molecule has 2 bridgehead atoms. The van der Waals surface area contributed by atoms with Gasteiger partial charge in [0.05, 0.1) is 43.2 Å². The lowest BCUT2D eigenvalue weighted by atomic mass is 10.2. The molecule has 25 heavy (non-hydrogen) atoms. The molecule has 1 N–H and O–H groups in total. The molecule has 134 valence electrons. The zero-order valence-electron chi connectivity index (χ0n) is 13.9. The zero-order valence-corrected chi connectivity index (χ0v) is 13.9. The Morgan fingerprint density at radius 1 is 1.40 bits per heavy atom. The van der Waals surface area contributed by atoms with Gasteiger partial charge < -0.3 is 19.7 Å². The lowest BCUT2D eigenvalue weighted by Gasteiger charge is -2.29. The molecule has 1 aromatic carbocycles. The number of cyclic esters (lactones) is 1. The average molecular weight is 349 g/mol. The van der Waals surface area contributed by atoms with E-state index in [9.17, 15) is 14.0 Å². The van der Waals surface area contributed by atoms with E-state index in [-0.39, 0.29) is 37.0 Å². The standard InChI is InChI=1S/C17H20FN3O4/c1-10(22)19-6-14-8-21(17(23)25-14)11-2-3-16(15(18)5-11)20-7-13-4-12(20)9-24-13/h2-3,5,12-14H,4,6-9H2,1H3,(H,19,22)/t12-,13-,14?/m0/s1. The van der Waals surface area contributed by atoms with Crippen LogP contribution in [0, 0.1) is 5.82 Å². The molecule has 8 heteroatoms. The molecule has 3 fully saturated rings. The van der Waals surface area contributed by atoms with Crippen LogP contribution < -0.4 is 15.1 Å². The molecule has 0 aromatic heterocycles. The fraction of sp³-hybridized carbons (Fsp3) is 0.529. The number of amides is 2. The highest BCUT2D eigenvalue weighted by atomic mass is 19.1. The maximum Gasteiger partial charge on any atom is 0.414 e. The summed E-state index contributed by atoms with van der Waals surface area (Å²) in [6.45, 7) is 3.26. The first-order valence-corrected chi connectivity index (χ1v) is 8.41. The molecular weight excluding hydrogens is 329 g/mol. The Morgan fingerprint density at radius 2 is 2.24 bits per heavy atom. The fourth-order valence-corrected chi connectivity index (χ4v) is 3.69. The number of hydrogen-bond donors (Lipinski definition) is 1. The summed E-state index contributed by atoms with van der Waals surface area (Å²) in [5.74, 6) is -0.544. The lowest BCUT2D eigenvalue weighted by molar-refractivity contribution is -0.119. The van der Waals surface area contributed by atoms with E-state index < -0.39 is 12.2 Å². The molecule has 3 aliphatic rings. The number of nitrogens with one attached hydrogen (secondary N) is 1. The van der Waals surface area contributed by atoms with Crippen LogP contribution >= 0.6 is 0 Å². The van der Waals surface area contributed by atoms with E-state index in [1.165, 1.54) is 17.9 Å². The second kappa shape index (κ2) is 6.18. The van der Waals surface area contributed by atoms with Gasteiger partial charge in [-0.05, 0) is 24.6 Å². The molecule has 1 unspecified atom stereocenters. The molecule has 1 aromatic rings. The van der Waals surface area contributed by atoms with Crippen LogP contribution in [0.2, 0.25) is 0 Å². The summed E-state index contributed by atoms with van der Waals surface area (Å²) < 4.78 is 25.4. The number of carbonyl (C=O) groups is 2. The second-order valence-electron chi connectivity index (χ2n) is 6.69. The van der Waals surface area contributed by atoms with Gasteiger partial charge in [-0.2, -0.15) is 0 Å². The van der Waals surface area contributed by atoms with Gasteiger partial charge in [0.1, 0.15) is 11.9 Å². The fourth-order valence-electron chi connectivity index (χ4n) is 3.69. The quantitative estimate of drug-likeness (QED) is 0.886. The minimum absolute atomic E-state index is 0.186. The molecule has 4 rings (SSSR count). The van der Waals surface area contributed by atoms with E-state index in [1.807, 2.05) is 4.90 Å². The molecule has 0 aliphatic carbocycles. The number of benzene rings is 1. The lowest BCUT2D eigenvalue weighted by Crippen LogP contribution is -2.37. The number of rotatable bonds is 4. The van der Waals surface area contributed by atoms with Crippen molar-refractivity contribution >= 4 is 23.4 Å². The summed E-state index contributed by atoms with van der Waals surface area (Å²) in [7, 11) is 0. The molecule has 7 nitrogen and oxygen atoms in total. The highest BCUT2D eigenvalue weighted by Crippen LogP contribution is 2.35. The molecular formula is C17H20FN3O4. The normalized spacial score (nSPS) is 27.8. The third-order valence-corrected chi connectivity index (χ3v) is 4.91. The number of ether oxygens (including phenoxy) is 2. The summed E-state index contributed by atoms with van der Waals surface area (Å²) in [6.07, 6.45) is 0.152. The van der Waals surface area contributed by atoms with Crippen molar-refractivity contribution in [2.24, 2.45) is 0 Å². The molecule has 3 heterocycles. The Labute approximate surface area is 144 Å².